The maximum Gasteiger partial charge on any atom is 0.0829 e. The monoisotopic (exact) mass is 196 g/mol. The topological polar surface area (TPSA) is 25.8 Å². The van der Waals surface area contributed by atoms with E-state index in [0.29, 0.717) is 0 Å². The lowest BCUT2D eigenvalue weighted by molar-refractivity contribution is 1.18. The van der Waals surface area contributed by atoms with E-state index in [1.807, 2.05) is 23.5 Å². The summed E-state index contributed by atoms with van der Waals surface area (Å²) in [5.41, 5.74) is 0.953. The Hall–Kier alpha value is -0.480. The van der Waals surface area contributed by atoms with Crippen LogP contribution >= 0.6 is 23.5 Å². The molecule has 1 saturated heterocycles. The molecule has 0 radical (unpaired) electrons. The van der Waals surface area contributed by atoms with Crippen molar-refractivity contribution in [2.75, 3.05) is 11.5 Å². The van der Waals surface area contributed by atoms with Gasteiger partial charge in [0.25, 0.3) is 0 Å². The van der Waals surface area contributed by atoms with Crippen molar-refractivity contribution >= 4 is 29.6 Å². The average Bonchev–Trinajstić information content (AvgIpc) is 2.59. The standard InChI is InChI=1S/C8H8N2S2/c1-2-10-7(6-9-1)5-8-11-3-4-12-8/h1-2,5-6H,3-4H2. The molecule has 0 aliphatic carbocycles. The Morgan fingerprint density at radius 1 is 1.25 bits per heavy atom. The molecule has 0 atom stereocenters. The summed E-state index contributed by atoms with van der Waals surface area (Å²) in [6.07, 6.45) is 7.29. The van der Waals surface area contributed by atoms with Crippen LogP contribution in [0.1, 0.15) is 5.69 Å². The molecule has 1 aromatic heterocycles. The highest BCUT2D eigenvalue weighted by Gasteiger charge is 2.07. The van der Waals surface area contributed by atoms with Crippen LogP contribution in [0, 0.1) is 0 Å². The van der Waals surface area contributed by atoms with E-state index >= 15 is 0 Å². The van der Waals surface area contributed by atoms with Crippen molar-refractivity contribution < 1.29 is 0 Å². The second-order valence-corrected chi connectivity index (χ2v) is 4.82. The number of rotatable bonds is 1. The number of hydrogen-bond donors (Lipinski definition) is 0. The van der Waals surface area contributed by atoms with Crippen molar-refractivity contribution in [3.8, 4) is 0 Å². The van der Waals surface area contributed by atoms with Gasteiger partial charge < -0.3 is 0 Å². The van der Waals surface area contributed by atoms with Crippen molar-refractivity contribution in [3.63, 3.8) is 0 Å². The summed E-state index contributed by atoms with van der Waals surface area (Å²) in [6, 6.07) is 0. The van der Waals surface area contributed by atoms with Crippen molar-refractivity contribution in [2.24, 2.45) is 0 Å². The van der Waals surface area contributed by atoms with E-state index in [9.17, 15) is 0 Å². The summed E-state index contributed by atoms with van der Waals surface area (Å²) in [7, 11) is 0. The van der Waals surface area contributed by atoms with Crippen LogP contribution in [0.4, 0.5) is 0 Å². The quantitative estimate of drug-likeness (QED) is 0.688. The predicted molar refractivity (Wildman–Crippen MR) is 54.9 cm³/mol. The van der Waals surface area contributed by atoms with Crippen molar-refractivity contribution in [3.05, 3.63) is 28.5 Å². The van der Waals surface area contributed by atoms with Gasteiger partial charge >= 0.3 is 0 Å². The highest BCUT2D eigenvalue weighted by atomic mass is 32.2. The van der Waals surface area contributed by atoms with Gasteiger partial charge in [0.2, 0.25) is 0 Å². The van der Waals surface area contributed by atoms with Crippen LogP contribution in [-0.4, -0.2) is 21.5 Å². The number of thioether (sulfide) groups is 2. The van der Waals surface area contributed by atoms with Gasteiger partial charge in [-0.1, -0.05) is 0 Å². The summed E-state index contributed by atoms with van der Waals surface area (Å²) in [5.74, 6) is 2.44. The molecule has 1 aliphatic rings. The smallest absolute Gasteiger partial charge is 0.0829 e. The Labute approximate surface area is 79.9 Å². The molecule has 0 aromatic carbocycles. The minimum atomic E-state index is 0.953. The first-order chi connectivity index (χ1) is 5.95. The van der Waals surface area contributed by atoms with Gasteiger partial charge in [0.15, 0.2) is 0 Å². The SMILES string of the molecule is C(=C1SCCS1)c1cnccn1. The molecule has 0 saturated carbocycles. The Kier molecular flexibility index (Phi) is 2.68. The lowest BCUT2D eigenvalue weighted by atomic mass is 10.4. The molecular formula is C8H8N2S2. The van der Waals surface area contributed by atoms with Gasteiger partial charge in [-0.05, 0) is 6.08 Å². The highest BCUT2D eigenvalue weighted by molar-refractivity contribution is 8.25. The lowest BCUT2D eigenvalue weighted by Gasteiger charge is -1.92. The van der Waals surface area contributed by atoms with E-state index in [-0.39, 0.29) is 0 Å². The van der Waals surface area contributed by atoms with E-state index < -0.39 is 0 Å². The average molecular weight is 196 g/mol. The highest BCUT2D eigenvalue weighted by Crippen LogP contribution is 2.36. The van der Waals surface area contributed by atoms with Crippen molar-refractivity contribution in [2.45, 2.75) is 0 Å². The largest absolute Gasteiger partial charge is 0.261 e. The van der Waals surface area contributed by atoms with Gasteiger partial charge in [-0.3, -0.25) is 9.97 Å². The van der Waals surface area contributed by atoms with Gasteiger partial charge in [0, 0.05) is 28.1 Å². The third-order valence-electron chi connectivity index (χ3n) is 1.42. The molecule has 0 bridgehead atoms. The van der Waals surface area contributed by atoms with Crippen LogP contribution < -0.4 is 0 Å². The molecule has 0 N–H and O–H groups in total. The van der Waals surface area contributed by atoms with Gasteiger partial charge in [0.05, 0.1) is 11.9 Å². The van der Waals surface area contributed by atoms with E-state index in [1.54, 1.807) is 18.6 Å². The van der Waals surface area contributed by atoms with E-state index in [1.165, 1.54) is 15.7 Å². The van der Waals surface area contributed by atoms with Gasteiger partial charge in [-0.15, -0.1) is 23.5 Å². The fraction of sp³-hybridized carbons (Fsp3) is 0.250. The molecule has 1 aromatic rings. The molecule has 1 aliphatic heterocycles. The minimum absolute atomic E-state index is 0.953. The maximum atomic E-state index is 4.18. The van der Waals surface area contributed by atoms with E-state index in [4.69, 9.17) is 0 Å². The van der Waals surface area contributed by atoms with Crippen molar-refractivity contribution in [1.82, 2.24) is 9.97 Å². The summed E-state index contributed by atoms with van der Waals surface area (Å²) in [6.45, 7) is 0. The molecule has 2 nitrogen and oxygen atoms in total. The van der Waals surface area contributed by atoms with Gasteiger partial charge in [-0.2, -0.15) is 0 Å². The Bertz CT molecular complexity index is 276. The van der Waals surface area contributed by atoms with Gasteiger partial charge in [-0.25, -0.2) is 0 Å². The molecule has 2 rings (SSSR count). The van der Waals surface area contributed by atoms with E-state index in [2.05, 4.69) is 16.0 Å². The molecule has 2 heterocycles. The van der Waals surface area contributed by atoms with Crippen molar-refractivity contribution in [1.29, 1.82) is 0 Å². The van der Waals surface area contributed by atoms with Crippen LogP contribution in [-0.2, 0) is 0 Å². The first kappa shape index (κ1) is 8.13. The lowest BCUT2D eigenvalue weighted by Crippen LogP contribution is -1.80. The van der Waals surface area contributed by atoms with Crippen LogP contribution in [0.2, 0.25) is 0 Å². The Balaban J connectivity index is 2.16. The number of nitrogens with zero attached hydrogens (tertiary/aromatic N) is 2. The molecule has 1 fully saturated rings. The summed E-state index contributed by atoms with van der Waals surface area (Å²) in [4.78, 5) is 8.18. The second kappa shape index (κ2) is 3.96. The summed E-state index contributed by atoms with van der Waals surface area (Å²) >= 11 is 3.79. The molecule has 0 unspecified atom stereocenters. The normalized spacial score (nSPS) is 16.5. The molecule has 0 spiro atoms. The second-order valence-electron chi connectivity index (χ2n) is 2.29. The molecule has 0 amide bonds. The van der Waals surface area contributed by atoms with Crippen LogP contribution in [0.5, 0.6) is 0 Å². The molecular weight excluding hydrogens is 188 g/mol. The van der Waals surface area contributed by atoms with Gasteiger partial charge in [0.1, 0.15) is 0 Å². The minimum Gasteiger partial charge on any atom is -0.261 e. The van der Waals surface area contributed by atoms with Crippen LogP contribution in [0.3, 0.4) is 0 Å². The first-order valence-electron chi connectivity index (χ1n) is 3.68. The van der Waals surface area contributed by atoms with Crippen LogP contribution in [0.25, 0.3) is 6.08 Å². The third kappa shape index (κ3) is 2.01. The zero-order valence-electron chi connectivity index (χ0n) is 6.43. The van der Waals surface area contributed by atoms with E-state index in [0.717, 1.165) is 5.69 Å². The molecule has 62 valence electrons. The zero-order valence-corrected chi connectivity index (χ0v) is 8.07. The number of aromatic nitrogens is 2. The third-order valence-corrected chi connectivity index (χ3v) is 4.01. The Morgan fingerprint density at radius 2 is 2.08 bits per heavy atom. The summed E-state index contributed by atoms with van der Waals surface area (Å²) < 4.78 is 1.36. The summed E-state index contributed by atoms with van der Waals surface area (Å²) in [5, 5.41) is 0. The Morgan fingerprint density at radius 3 is 2.75 bits per heavy atom. The first-order valence-corrected chi connectivity index (χ1v) is 5.65. The fourth-order valence-corrected chi connectivity index (χ4v) is 3.23. The molecule has 4 heteroatoms. The zero-order chi connectivity index (χ0) is 8.23. The molecule has 12 heavy (non-hydrogen) atoms. The number of hydrogen-bond acceptors (Lipinski definition) is 4. The predicted octanol–water partition coefficient (Wildman–Crippen LogP) is 2.25. The fourth-order valence-electron chi connectivity index (χ4n) is 0.915. The van der Waals surface area contributed by atoms with Crippen LogP contribution in [0.15, 0.2) is 22.8 Å². The maximum absolute atomic E-state index is 4.18.